The molecule has 1 atom stereocenters. The van der Waals surface area contributed by atoms with E-state index in [1.807, 2.05) is 42.5 Å². The van der Waals surface area contributed by atoms with Crippen LogP contribution in [-0.2, 0) is 6.54 Å². The third-order valence-electron chi connectivity index (χ3n) is 5.82. The highest BCUT2D eigenvalue weighted by molar-refractivity contribution is 6.02. The van der Waals surface area contributed by atoms with Gasteiger partial charge >= 0.3 is 0 Å². The molecule has 4 aromatic rings. The first-order chi connectivity index (χ1) is 14.7. The zero-order valence-corrected chi connectivity index (χ0v) is 17.0. The molecule has 2 aromatic carbocycles. The summed E-state index contributed by atoms with van der Waals surface area (Å²) in [5.41, 5.74) is 10.5. The molecule has 6 nitrogen and oxygen atoms in total. The van der Waals surface area contributed by atoms with Crippen molar-refractivity contribution < 1.29 is 4.74 Å². The summed E-state index contributed by atoms with van der Waals surface area (Å²) in [6.07, 6.45) is 3.95. The molecule has 1 aliphatic heterocycles. The average molecular weight is 399 g/mol. The van der Waals surface area contributed by atoms with Gasteiger partial charge < -0.3 is 20.4 Å². The maximum absolute atomic E-state index is 6.31. The van der Waals surface area contributed by atoms with E-state index in [2.05, 4.69) is 38.9 Å². The highest BCUT2D eigenvalue weighted by Crippen LogP contribution is 2.37. The number of aromatic nitrogens is 3. The maximum atomic E-state index is 6.31. The summed E-state index contributed by atoms with van der Waals surface area (Å²) in [4.78, 5) is 8.85. The number of fused-ring (bicyclic) bond motifs is 1. The Morgan fingerprint density at radius 2 is 1.83 bits per heavy atom. The van der Waals surface area contributed by atoms with Gasteiger partial charge in [0.15, 0.2) is 0 Å². The molecule has 3 N–H and O–H groups in total. The number of nitrogens with one attached hydrogen (secondary N) is 1. The van der Waals surface area contributed by atoms with E-state index in [1.165, 1.54) is 12.8 Å². The Morgan fingerprint density at radius 3 is 2.57 bits per heavy atom. The highest BCUT2D eigenvalue weighted by atomic mass is 16.5. The third kappa shape index (κ3) is 3.39. The highest BCUT2D eigenvalue weighted by Gasteiger charge is 2.23. The van der Waals surface area contributed by atoms with Crippen LogP contribution in [0.5, 0.6) is 11.5 Å². The van der Waals surface area contributed by atoms with Crippen molar-refractivity contribution >= 4 is 16.9 Å². The summed E-state index contributed by atoms with van der Waals surface area (Å²) in [5.74, 6) is 2.13. The molecule has 1 aliphatic rings. The first kappa shape index (κ1) is 18.6. The van der Waals surface area contributed by atoms with Crippen molar-refractivity contribution in [1.82, 2.24) is 19.9 Å². The van der Waals surface area contributed by atoms with E-state index in [-0.39, 0.29) is 0 Å². The van der Waals surface area contributed by atoms with E-state index in [0.29, 0.717) is 11.9 Å². The minimum absolute atomic E-state index is 0.463. The minimum atomic E-state index is 0.463. The molecule has 1 fully saturated rings. The van der Waals surface area contributed by atoms with Crippen LogP contribution in [0.4, 0.5) is 5.82 Å². The molecule has 1 saturated heterocycles. The predicted octanol–water partition coefficient (Wildman–Crippen LogP) is 4.53. The Bertz CT molecular complexity index is 1160. The Morgan fingerprint density at radius 1 is 1.07 bits per heavy atom. The topological polar surface area (TPSA) is 78.0 Å². The Balaban J connectivity index is 1.54. The third-order valence-corrected chi connectivity index (χ3v) is 5.82. The van der Waals surface area contributed by atoms with Gasteiger partial charge in [-0.25, -0.2) is 9.97 Å². The van der Waals surface area contributed by atoms with Crippen molar-refractivity contribution in [2.24, 2.45) is 0 Å². The number of rotatable bonds is 5. The normalized spacial score (nSPS) is 16.2. The van der Waals surface area contributed by atoms with Crippen molar-refractivity contribution in [2.45, 2.75) is 32.4 Å². The molecule has 152 valence electrons. The Hall–Kier alpha value is -3.38. The van der Waals surface area contributed by atoms with Crippen LogP contribution in [0.1, 0.15) is 18.5 Å². The second-order valence-electron chi connectivity index (χ2n) is 7.76. The van der Waals surface area contributed by atoms with Crippen LogP contribution in [0.15, 0.2) is 60.9 Å². The van der Waals surface area contributed by atoms with Crippen molar-refractivity contribution in [3.63, 3.8) is 0 Å². The quantitative estimate of drug-likeness (QED) is 0.515. The number of benzene rings is 2. The number of nitrogens with two attached hydrogens (primary N) is 1. The van der Waals surface area contributed by atoms with E-state index < -0.39 is 0 Å². The van der Waals surface area contributed by atoms with Gasteiger partial charge in [0.2, 0.25) is 0 Å². The molecule has 0 amide bonds. The number of nitrogens with zero attached hydrogens (tertiary/aromatic N) is 3. The lowest BCUT2D eigenvalue weighted by Gasteiger charge is -2.14. The van der Waals surface area contributed by atoms with Gasteiger partial charge in [0.05, 0.1) is 5.39 Å². The molecule has 0 unspecified atom stereocenters. The molecule has 0 spiro atoms. The molecule has 6 heteroatoms. The van der Waals surface area contributed by atoms with E-state index in [1.54, 1.807) is 6.33 Å². The van der Waals surface area contributed by atoms with Crippen molar-refractivity contribution in [3.8, 4) is 22.6 Å². The van der Waals surface area contributed by atoms with E-state index >= 15 is 0 Å². The Kier molecular flexibility index (Phi) is 4.85. The monoisotopic (exact) mass is 399 g/mol. The number of hydrogen-bond acceptors (Lipinski definition) is 5. The number of hydrogen-bond donors (Lipinski definition) is 2. The Labute approximate surface area is 175 Å². The molecule has 30 heavy (non-hydrogen) atoms. The van der Waals surface area contributed by atoms with Gasteiger partial charge in [-0.3, -0.25) is 0 Å². The number of anilines is 1. The molecular weight excluding hydrogens is 374 g/mol. The predicted molar refractivity (Wildman–Crippen MR) is 120 cm³/mol. The molecular formula is C24H25N5O. The number of nitrogen functional groups attached to an aromatic ring is 1. The number of ether oxygens (including phenoxy) is 1. The van der Waals surface area contributed by atoms with Gasteiger partial charge in [0.25, 0.3) is 0 Å². The summed E-state index contributed by atoms with van der Waals surface area (Å²) < 4.78 is 8.22. The smallest absolute Gasteiger partial charge is 0.146 e. The fourth-order valence-electron chi connectivity index (χ4n) is 4.33. The molecule has 0 radical (unpaired) electrons. The SMILES string of the molecule is Cc1c(-c2ccc(Oc3ccccc3)cc2)c2c(N)ncnc2n1C[C@@H]1CCCN1. The van der Waals surface area contributed by atoms with Crippen LogP contribution in [0.2, 0.25) is 0 Å². The van der Waals surface area contributed by atoms with E-state index in [0.717, 1.165) is 52.4 Å². The largest absolute Gasteiger partial charge is 0.457 e. The maximum Gasteiger partial charge on any atom is 0.146 e. The zero-order chi connectivity index (χ0) is 20.5. The lowest BCUT2D eigenvalue weighted by molar-refractivity contribution is 0.483. The summed E-state index contributed by atoms with van der Waals surface area (Å²) in [6, 6.07) is 18.4. The summed E-state index contributed by atoms with van der Waals surface area (Å²) in [7, 11) is 0. The molecule has 2 aromatic heterocycles. The van der Waals surface area contributed by atoms with Crippen LogP contribution in [0, 0.1) is 6.92 Å². The van der Waals surface area contributed by atoms with Gasteiger partial charge in [0, 0.05) is 23.8 Å². The lowest BCUT2D eigenvalue weighted by Crippen LogP contribution is -2.27. The van der Waals surface area contributed by atoms with Gasteiger partial charge in [-0.2, -0.15) is 0 Å². The molecule has 3 heterocycles. The first-order valence-corrected chi connectivity index (χ1v) is 10.4. The zero-order valence-electron chi connectivity index (χ0n) is 17.0. The average Bonchev–Trinajstić information content (AvgIpc) is 3.38. The van der Waals surface area contributed by atoms with E-state index in [9.17, 15) is 0 Å². The summed E-state index contributed by atoms with van der Waals surface area (Å²) in [5, 5.41) is 4.50. The van der Waals surface area contributed by atoms with Gasteiger partial charge in [-0.05, 0) is 56.1 Å². The van der Waals surface area contributed by atoms with Gasteiger partial charge in [-0.1, -0.05) is 30.3 Å². The van der Waals surface area contributed by atoms with Crippen molar-refractivity contribution in [1.29, 1.82) is 0 Å². The molecule has 5 rings (SSSR count). The van der Waals surface area contributed by atoms with E-state index in [4.69, 9.17) is 10.5 Å². The standard InChI is InChI=1S/C24H25N5O/c1-16-21(17-9-11-20(12-10-17)30-19-7-3-2-4-8-19)22-23(25)27-15-28-24(22)29(16)14-18-6-5-13-26-18/h2-4,7-12,15,18,26H,5-6,13-14H2,1H3,(H2,25,27,28)/t18-/m0/s1. The minimum Gasteiger partial charge on any atom is -0.457 e. The lowest BCUT2D eigenvalue weighted by atomic mass is 10.0. The molecule has 0 saturated carbocycles. The van der Waals surface area contributed by atoms with Crippen LogP contribution in [0.25, 0.3) is 22.2 Å². The van der Waals surface area contributed by atoms with Crippen molar-refractivity contribution in [3.05, 3.63) is 66.6 Å². The molecule has 0 aliphatic carbocycles. The fourth-order valence-corrected chi connectivity index (χ4v) is 4.33. The first-order valence-electron chi connectivity index (χ1n) is 10.4. The van der Waals surface area contributed by atoms with Crippen molar-refractivity contribution in [2.75, 3.05) is 12.3 Å². The molecule has 0 bridgehead atoms. The van der Waals surface area contributed by atoms with Gasteiger partial charge in [0.1, 0.15) is 29.3 Å². The van der Waals surface area contributed by atoms with Crippen LogP contribution in [-0.4, -0.2) is 27.1 Å². The number of para-hydroxylation sites is 1. The summed E-state index contributed by atoms with van der Waals surface area (Å²) >= 11 is 0. The fraction of sp³-hybridized carbons (Fsp3) is 0.250. The summed E-state index contributed by atoms with van der Waals surface area (Å²) in [6.45, 7) is 4.10. The van der Waals surface area contributed by atoms with Crippen LogP contribution in [0.3, 0.4) is 0 Å². The van der Waals surface area contributed by atoms with Crippen LogP contribution < -0.4 is 15.8 Å². The second kappa shape index (κ2) is 7.80. The van der Waals surface area contributed by atoms with Crippen LogP contribution >= 0.6 is 0 Å². The van der Waals surface area contributed by atoms with Gasteiger partial charge in [-0.15, -0.1) is 0 Å². The second-order valence-corrected chi connectivity index (χ2v) is 7.76.